The standard InChI is InChI=1S/C16H23N5O9/c17-14-7-15(19-3-18-14)21(4-20-7)16(12(28)9(25)6(2-23)30-16)13-11(27)10(26)8(24)5(1-22)29-13/h3-6,8-13,22-28H,1-2H2,(H2,17,18,19)/t5-,6-,8-,9-,10+,11-,12-,13+,16+/m1/s1. The number of imidazole rings is 1. The molecule has 2 aliphatic heterocycles. The molecule has 2 saturated heterocycles. The van der Waals surface area contributed by atoms with Crippen LogP contribution >= 0.6 is 0 Å². The molecule has 4 rings (SSSR count). The third-order valence-corrected chi connectivity index (χ3v) is 5.69. The fraction of sp³-hybridized carbons (Fsp3) is 0.688. The van der Waals surface area contributed by atoms with Gasteiger partial charge >= 0.3 is 0 Å². The topological polar surface area (TPSA) is 230 Å². The number of aromatic nitrogens is 4. The molecule has 0 spiro atoms. The van der Waals surface area contributed by atoms with E-state index in [-0.39, 0.29) is 17.0 Å². The van der Waals surface area contributed by atoms with E-state index in [1.807, 2.05) is 0 Å². The van der Waals surface area contributed by atoms with Gasteiger partial charge in [-0.25, -0.2) is 15.0 Å². The minimum Gasteiger partial charge on any atom is -0.394 e. The summed E-state index contributed by atoms with van der Waals surface area (Å²) < 4.78 is 12.6. The lowest BCUT2D eigenvalue weighted by atomic mass is 9.86. The molecule has 0 amide bonds. The Balaban J connectivity index is 1.92. The van der Waals surface area contributed by atoms with Gasteiger partial charge in [0.05, 0.1) is 19.5 Å². The number of anilines is 1. The Labute approximate surface area is 168 Å². The summed E-state index contributed by atoms with van der Waals surface area (Å²) in [4.78, 5) is 12.0. The van der Waals surface area contributed by atoms with Crippen LogP contribution in [0, 0.1) is 0 Å². The zero-order chi connectivity index (χ0) is 21.8. The Hall–Kier alpha value is -2.01. The van der Waals surface area contributed by atoms with E-state index in [0.29, 0.717) is 0 Å². The molecular weight excluding hydrogens is 406 g/mol. The minimum absolute atomic E-state index is 0.00875. The van der Waals surface area contributed by atoms with Crippen molar-refractivity contribution in [1.82, 2.24) is 19.5 Å². The highest BCUT2D eigenvalue weighted by molar-refractivity contribution is 5.81. The SMILES string of the molecule is Nc1ncnc2c1ncn2[C@]1([C@H]2O[C@H](CO)[C@@H](O)[C@H](O)[C@H]2O)O[C@H](CO)[C@@H](O)[C@H]1O. The van der Waals surface area contributed by atoms with E-state index in [4.69, 9.17) is 15.2 Å². The van der Waals surface area contributed by atoms with E-state index in [1.54, 1.807) is 0 Å². The summed E-state index contributed by atoms with van der Waals surface area (Å²) in [6.07, 6.45) is -10.7. The van der Waals surface area contributed by atoms with Crippen molar-refractivity contribution >= 4 is 17.0 Å². The first-order valence-electron chi connectivity index (χ1n) is 9.17. The second kappa shape index (κ2) is 7.60. The van der Waals surface area contributed by atoms with Gasteiger partial charge in [0, 0.05) is 0 Å². The lowest BCUT2D eigenvalue weighted by Crippen LogP contribution is -2.68. The lowest BCUT2D eigenvalue weighted by molar-refractivity contribution is -0.309. The highest BCUT2D eigenvalue weighted by Gasteiger charge is 2.65. The van der Waals surface area contributed by atoms with Crippen molar-refractivity contribution in [2.24, 2.45) is 0 Å². The van der Waals surface area contributed by atoms with Gasteiger partial charge in [-0.15, -0.1) is 0 Å². The largest absolute Gasteiger partial charge is 0.394 e. The highest BCUT2D eigenvalue weighted by Crippen LogP contribution is 2.45. The Morgan fingerprint density at radius 1 is 0.933 bits per heavy atom. The van der Waals surface area contributed by atoms with Crippen LogP contribution < -0.4 is 5.73 Å². The average Bonchev–Trinajstić information content (AvgIpc) is 3.28. The average molecular weight is 429 g/mol. The van der Waals surface area contributed by atoms with Crippen LogP contribution in [0.3, 0.4) is 0 Å². The van der Waals surface area contributed by atoms with Gasteiger partial charge < -0.3 is 51.0 Å². The van der Waals surface area contributed by atoms with Gasteiger partial charge in [-0.05, 0) is 0 Å². The smallest absolute Gasteiger partial charge is 0.205 e. The first kappa shape index (κ1) is 21.2. The molecule has 2 aliphatic rings. The summed E-state index contributed by atoms with van der Waals surface area (Å²) in [6.45, 7) is -1.42. The summed E-state index contributed by atoms with van der Waals surface area (Å²) in [5.74, 6) is 0.00875. The first-order valence-corrected chi connectivity index (χ1v) is 9.17. The fourth-order valence-electron chi connectivity index (χ4n) is 4.10. The molecule has 0 aliphatic carbocycles. The molecule has 0 unspecified atom stereocenters. The van der Waals surface area contributed by atoms with Crippen LogP contribution in [-0.4, -0.2) is 117 Å². The minimum atomic E-state index is -2.17. The Kier molecular flexibility index (Phi) is 5.38. The molecule has 14 heteroatoms. The number of aliphatic hydroxyl groups is 7. The third kappa shape index (κ3) is 2.81. The molecule has 0 aromatic carbocycles. The Bertz CT molecular complexity index is 912. The quantitative estimate of drug-likeness (QED) is 0.228. The van der Waals surface area contributed by atoms with Crippen LogP contribution in [0.15, 0.2) is 12.7 Å². The molecule has 0 bridgehead atoms. The van der Waals surface area contributed by atoms with Crippen molar-refractivity contribution in [3.05, 3.63) is 12.7 Å². The maximum atomic E-state index is 11.0. The number of rotatable bonds is 4. The number of nitrogen functional groups attached to an aromatic ring is 1. The second-order valence-electron chi connectivity index (χ2n) is 7.32. The van der Waals surface area contributed by atoms with E-state index < -0.39 is 67.8 Å². The van der Waals surface area contributed by atoms with E-state index >= 15 is 0 Å². The molecule has 2 fully saturated rings. The number of nitrogens with two attached hydrogens (primary N) is 1. The van der Waals surface area contributed by atoms with Crippen molar-refractivity contribution in [2.45, 2.75) is 54.6 Å². The van der Waals surface area contributed by atoms with E-state index in [0.717, 1.165) is 17.2 Å². The number of nitrogens with zero attached hydrogens (tertiary/aromatic N) is 4. The van der Waals surface area contributed by atoms with Crippen LogP contribution in [0.4, 0.5) is 5.82 Å². The van der Waals surface area contributed by atoms with E-state index in [1.165, 1.54) is 0 Å². The van der Waals surface area contributed by atoms with Gasteiger partial charge in [-0.3, -0.25) is 4.57 Å². The molecular formula is C16H23N5O9. The summed E-state index contributed by atoms with van der Waals surface area (Å²) in [7, 11) is 0. The summed E-state index contributed by atoms with van der Waals surface area (Å²) >= 11 is 0. The fourth-order valence-corrected chi connectivity index (χ4v) is 4.10. The maximum Gasteiger partial charge on any atom is 0.205 e. The highest BCUT2D eigenvalue weighted by atomic mass is 16.6. The van der Waals surface area contributed by atoms with Crippen LogP contribution in [0.2, 0.25) is 0 Å². The number of ether oxygens (including phenoxy) is 2. The molecule has 14 nitrogen and oxygen atoms in total. The predicted molar refractivity (Wildman–Crippen MR) is 95.4 cm³/mol. The van der Waals surface area contributed by atoms with Crippen molar-refractivity contribution in [3.8, 4) is 0 Å². The van der Waals surface area contributed by atoms with Crippen LogP contribution in [0.25, 0.3) is 11.2 Å². The second-order valence-corrected chi connectivity index (χ2v) is 7.32. The molecule has 0 radical (unpaired) electrons. The Morgan fingerprint density at radius 3 is 2.27 bits per heavy atom. The van der Waals surface area contributed by atoms with Crippen molar-refractivity contribution in [2.75, 3.05) is 18.9 Å². The maximum absolute atomic E-state index is 11.0. The van der Waals surface area contributed by atoms with Crippen LogP contribution in [0.5, 0.6) is 0 Å². The molecule has 166 valence electrons. The van der Waals surface area contributed by atoms with Gasteiger partial charge in [0.15, 0.2) is 11.5 Å². The van der Waals surface area contributed by atoms with Crippen LogP contribution in [-0.2, 0) is 15.2 Å². The van der Waals surface area contributed by atoms with Crippen molar-refractivity contribution < 1.29 is 45.2 Å². The van der Waals surface area contributed by atoms with Gasteiger partial charge in [-0.2, -0.15) is 0 Å². The molecule has 0 saturated carbocycles. The molecule has 9 N–H and O–H groups in total. The number of aliphatic hydroxyl groups excluding tert-OH is 7. The molecule has 30 heavy (non-hydrogen) atoms. The molecule has 2 aromatic heterocycles. The van der Waals surface area contributed by atoms with Gasteiger partial charge in [0.25, 0.3) is 0 Å². The third-order valence-electron chi connectivity index (χ3n) is 5.69. The summed E-state index contributed by atoms with van der Waals surface area (Å²) in [5, 5.41) is 71.6. The summed E-state index contributed by atoms with van der Waals surface area (Å²) in [6, 6.07) is 0. The number of hydrogen-bond acceptors (Lipinski definition) is 13. The molecule has 2 aromatic rings. The van der Waals surface area contributed by atoms with E-state index in [9.17, 15) is 35.7 Å². The summed E-state index contributed by atoms with van der Waals surface area (Å²) in [5.41, 5.74) is 3.81. The Morgan fingerprint density at radius 2 is 1.63 bits per heavy atom. The molecule has 9 atom stereocenters. The zero-order valence-corrected chi connectivity index (χ0v) is 15.5. The molecule has 4 heterocycles. The van der Waals surface area contributed by atoms with Gasteiger partial charge in [-0.1, -0.05) is 0 Å². The zero-order valence-electron chi connectivity index (χ0n) is 15.5. The first-order chi connectivity index (χ1) is 14.3. The van der Waals surface area contributed by atoms with Crippen LogP contribution in [0.1, 0.15) is 0 Å². The number of fused-ring (bicyclic) bond motifs is 1. The van der Waals surface area contributed by atoms with Crippen molar-refractivity contribution in [3.63, 3.8) is 0 Å². The normalized spacial score (nSPS) is 42.1. The lowest BCUT2D eigenvalue weighted by Gasteiger charge is -2.48. The van der Waals surface area contributed by atoms with Gasteiger partial charge in [0.2, 0.25) is 5.72 Å². The monoisotopic (exact) mass is 429 g/mol. The van der Waals surface area contributed by atoms with Gasteiger partial charge in [0.1, 0.15) is 60.7 Å². The van der Waals surface area contributed by atoms with Crippen molar-refractivity contribution in [1.29, 1.82) is 0 Å². The predicted octanol–water partition coefficient (Wildman–Crippen LogP) is -4.98. The number of hydrogen-bond donors (Lipinski definition) is 8. The van der Waals surface area contributed by atoms with E-state index in [2.05, 4.69) is 15.0 Å².